The van der Waals surface area contributed by atoms with Crippen LogP contribution in [-0.4, -0.2) is 26.4 Å². The van der Waals surface area contributed by atoms with Crippen LogP contribution in [0.25, 0.3) is 20.3 Å². The fourth-order valence-electron chi connectivity index (χ4n) is 1.51. The highest BCUT2D eigenvalue weighted by Crippen LogP contribution is 2.38. The lowest BCUT2D eigenvalue weighted by Crippen LogP contribution is -1.86. The first-order chi connectivity index (χ1) is 8.20. The minimum Gasteiger partial charge on any atom is -0.211 e. The molecule has 86 valence electrons. The molecule has 0 saturated carbocycles. The maximum atomic E-state index is 6.16. The Kier molecular flexibility index (Phi) is 2.82. The van der Waals surface area contributed by atoms with Gasteiger partial charge in [-0.25, -0.2) is 9.97 Å². The van der Waals surface area contributed by atoms with E-state index < -0.39 is 0 Å². The van der Waals surface area contributed by atoms with E-state index in [1.54, 1.807) is 6.20 Å². The Bertz CT molecular complexity index is 728. The Labute approximate surface area is 114 Å². The zero-order chi connectivity index (χ0) is 12.0. The van der Waals surface area contributed by atoms with E-state index in [0.717, 1.165) is 20.3 Å². The lowest BCUT2D eigenvalue weighted by atomic mass is 10.3. The van der Waals surface area contributed by atoms with Crippen LogP contribution >= 0.6 is 46.3 Å². The third-order valence-electron chi connectivity index (χ3n) is 2.23. The van der Waals surface area contributed by atoms with Crippen LogP contribution < -0.4 is 0 Å². The normalized spacial score (nSPS) is 11.5. The Morgan fingerprint density at radius 1 is 1.24 bits per heavy atom. The van der Waals surface area contributed by atoms with E-state index >= 15 is 0 Å². The van der Waals surface area contributed by atoms with E-state index in [0.29, 0.717) is 15.5 Å². The second kappa shape index (κ2) is 4.20. The fourth-order valence-corrected chi connectivity index (χ4v) is 3.60. The topological polar surface area (TPSA) is 51.6 Å². The molecule has 3 aromatic heterocycles. The summed E-state index contributed by atoms with van der Waals surface area (Å²) in [4.78, 5) is 9.42. The number of fused-ring (bicyclic) bond motifs is 3. The van der Waals surface area contributed by atoms with Crippen LogP contribution in [0.15, 0.2) is 11.4 Å². The average molecular weight is 303 g/mol. The third kappa shape index (κ3) is 1.76. The van der Waals surface area contributed by atoms with Crippen molar-refractivity contribution in [1.29, 1.82) is 0 Å². The fraction of sp³-hybridized carbons (Fsp3) is 0.111. The first-order valence-electron chi connectivity index (χ1n) is 4.51. The molecule has 4 nitrogen and oxygen atoms in total. The van der Waals surface area contributed by atoms with Gasteiger partial charge in [-0.15, -0.1) is 16.4 Å². The molecule has 0 atom stereocenters. The second-order valence-corrected chi connectivity index (χ2v) is 5.65. The Morgan fingerprint density at radius 2 is 2.06 bits per heavy atom. The summed E-state index contributed by atoms with van der Waals surface area (Å²) >= 11 is 15.1. The van der Waals surface area contributed by atoms with E-state index in [4.69, 9.17) is 23.2 Å². The predicted molar refractivity (Wildman–Crippen MR) is 72.3 cm³/mol. The van der Waals surface area contributed by atoms with Crippen molar-refractivity contribution >= 4 is 66.6 Å². The molecule has 3 heterocycles. The molecule has 3 aromatic rings. The van der Waals surface area contributed by atoms with Crippen LogP contribution in [-0.2, 0) is 0 Å². The van der Waals surface area contributed by atoms with Gasteiger partial charge in [-0.05, 0) is 6.26 Å². The first-order valence-corrected chi connectivity index (χ1v) is 7.31. The number of hydrogen-bond acceptors (Lipinski definition) is 6. The van der Waals surface area contributed by atoms with Gasteiger partial charge in [-0.3, -0.25) is 0 Å². The summed E-state index contributed by atoms with van der Waals surface area (Å²) in [5, 5.41) is 10.7. The van der Waals surface area contributed by atoms with Crippen LogP contribution in [0.3, 0.4) is 0 Å². The van der Waals surface area contributed by atoms with Gasteiger partial charge in [0.05, 0.1) is 16.3 Å². The summed E-state index contributed by atoms with van der Waals surface area (Å²) in [6.45, 7) is 0. The number of thiophene rings is 1. The highest BCUT2D eigenvalue weighted by Gasteiger charge is 2.15. The van der Waals surface area contributed by atoms with Crippen LogP contribution in [0.5, 0.6) is 0 Å². The Hall–Kier alpha value is -0.690. The van der Waals surface area contributed by atoms with Crippen LogP contribution in [0, 0.1) is 0 Å². The van der Waals surface area contributed by atoms with Gasteiger partial charge in [-0.1, -0.05) is 35.0 Å². The predicted octanol–water partition coefficient (Wildman–Crippen LogP) is 3.66. The molecule has 8 heteroatoms. The van der Waals surface area contributed by atoms with Gasteiger partial charge >= 0.3 is 0 Å². The number of aromatic nitrogens is 4. The molecule has 0 aromatic carbocycles. The van der Waals surface area contributed by atoms with E-state index in [2.05, 4.69) is 20.2 Å². The minimum absolute atomic E-state index is 0.368. The van der Waals surface area contributed by atoms with E-state index in [1.807, 2.05) is 6.26 Å². The molecule has 0 amide bonds. The zero-order valence-corrected chi connectivity index (χ0v) is 11.6. The lowest BCUT2D eigenvalue weighted by molar-refractivity contribution is 1.01. The van der Waals surface area contributed by atoms with Gasteiger partial charge in [0.2, 0.25) is 0 Å². The Balaban J connectivity index is 2.51. The van der Waals surface area contributed by atoms with Gasteiger partial charge in [0.25, 0.3) is 0 Å². The molecular weight excluding hydrogens is 299 g/mol. The number of halogens is 2. The molecule has 0 unspecified atom stereocenters. The van der Waals surface area contributed by atoms with Crippen molar-refractivity contribution in [2.75, 3.05) is 6.26 Å². The molecule has 17 heavy (non-hydrogen) atoms. The van der Waals surface area contributed by atoms with Crippen molar-refractivity contribution in [2.24, 2.45) is 0 Å². The third-order valence-corrected chi connectivity index (χ3v) is 4.53. The second-order valence-electron chi connectivity index (χ2n) is 3.16. The van der Waals surface area contributed by atoms with Crippen molar-refractivity contribution in [2.45, 2.75) is 5.16 Å². The molecule has 0 saturated heterocycles. The first kappa shape index (κ1) is 11.4. The van der Waals surface area contributed by atoms with Crippen LogP contribution in [0.1, 0.15) is 0 Å². The molecular formula is C9H4Cl2N4S2. The van der Waals surface area contributed by atoms with Gasteiger partial charge in [0.15, 0.2) is 10.3 Å². The standard InChI is InChI=1S/C9H4Cl2N4S2/c1-16-9-13-6(10)4-3-2-12-15-7(11)5(3)17-8(4)14-9/h2H,1H3. The maximum absolute atomic E-state index is 6.16. The lowest BCUT2D eigenvalue weighted by Gasteiger charge is -1.97. The number of nitrogens with zero attached hydrogens (tertiary/aromatic N) is 4. The molecule has 0 aliphatic rings. The summed E-state index contributed by atoms with van der Waals surface area (Å²) < 4.78 is 0.839. The maximum Gasteiger partial charge on any atom is 0.190 e. The highest BCUT2D eigenvalue weighted by atomic mass is 35.5. The number of hydrogen-bond donors (Lipinski definition) is 0. The zero-order valence-electron chi connectivity index (χ0n) is 8.44. The summed E-state index contributed by atoms with van der Waals surface area (Å²) in [5.74, 6) is 0. The van der Waals surface area contributed by atoms with Gasteiger partial charge in [0, 0.05) is 5.39 Å². The molecule has 0 N–H and O–H groups in total. The quantitative estimate of drug-likeness (QED) is 0.390. The molecule has 0 aliphatic heterocycles. The average Bonchev–Trinajstić information content (AvgIpc) is 2.69. The van der Waals surface area contributed by atoms with Crippen molar-refractivity contribution in [1.82, 2.24) is 20.2 Å². The van der Waals surface area contributed by atoms with E-state index in [-0.39, 0.29) is 0 Å². The van der Waals surface area contributed by atoms with Crippen molar-refractivity contribution in [3.8, 4) is 0 Å². The van der Waals surface area contributed by atoms with Gasteiger partial charge in [0.1, 0.15) is 9.98 Å². The molecule has 0 aliphatic carbocycles. The SMILES string of the molecule is CSc1nc(Cl)c2c(n1)sc1c(Cl)nncc12. The van der Waals surface area contributed by atoms with Gasteiger partial charge < -0.3 is 0 Å². The summed E-state index contributed by atoms with van der Waals surface area (Å²) in [6, 6.07) is 0. The minimum atomic E-state index is 0.368. The summed E-state index contributed by atoms with van der Waals surface area (Å²) in [5.41, 5.74) is 0. The van der Waals surface area contributed by atoms with E-state index in [1.165, 1.54) is 23.1 Å². The van der Waals surface area contributed by atoms with Crippen molar-refractivity contribution in [3.63, 3.8) is 0 Å². The number of thioether (sulfide) groups is 1. The molecule has 3 rings (SSSR count). The summed E-state index contributed by atoms with van der Waals surface area (Å²) in [6.07, 6.45) is 3.54. The molecule has 0 radical (unpaired) electrons. The van der Waals surface area contributed by atoms with E-state index in [9.17, 15) is 0 Å². The monoisotopic (exact) mass is 302 g/mol. The molecule has 0 bridgehead atoms. The number of rotatable bonds is 1. The smallest absolute Gasteiger partial charge is 0.190 e. The van der Waals surface area contributed by atoms with Crippen LogP contribution in [0.2, 0.25) is 10.3 Å². The largest absolute Gasteiger partial charge is 0.211 e. The van der Waals surface area contributed by atoms with Crippen molar-refractivity contribution < 1.29 is 0 Å². The summed E-state index contributed by atoms with van der Waals surface area (Å²) in [7, 11) is 0. The highest BCUT2D eigenvalue weighted by molar-refractivity contribution is 7.98. The molecule has 0 spiro atoms. The molecule has 0 fully saturated rings. The van der Waals surface area contributed by atoms with Crippen molar-refractivity contribution in [3.05, 3.63) is 16.5 Å². The van der Waals surface area contributed by atoms with Gasteiger partial charge in [-0.2, -0.15) is 5.10 Å². The van der Waals surface area contributed by atoms with Crippen LogP contribution in [0.4, 0.5) is 0 Å². The Morgan fingerprint density at radius 3 is 2.82 bits per heavy atom.